The third-order valence-corrected chi connectivity index (χ3v) is 2.36. The van der Waals surface area contributed by atoms with Crippen LogP contribution in [0.25, 0.3) is 0 Å². The van der Waals surface area contributed by atoms with Crippen LogP contribution in [0.1, 0.15) is 13.3 Å². The molecule has 0 radical (unpaired) electrons. The lowest BCUT2D eigenvalue weighted by Crippen LogP contribution is -2.21. The first-order chi connectivity index (χ1) is 8.08. The molecule has 1 rings (SSSR count). The molecule has 5 heteroatoms. The van der Waals surface area contributed by atoms with E-state index in [1.165, 1.54) is 0 Å². The Hall–Kier alpha value is -1.49. The van der Waals surface area contributed by atoms with Gasteiger partial charge >= 0.3 is 0 Å². The minimum absolute atomic E-state index is 0.127. The monoisotopic (exact) mass is 255 g/mol. The summed E-state index contributed by atoms with van der Waals surface area (Å²) in [6.07, 6.45) is 0.383. The second-order valence-electron chi connectivity index (χ2n) is 3.59. The molecule has 1 aromatic rings. The van der Waals surface area contributed by atoms with E-state index in [4.69, 9.17) is 32.2 Å². The van der Waals surface area contributed by atoms with Gasteiger partial charge in [0.05, 0.1) is 19.2 Å². The highest BCUT2D eigenvalue weighted by Crippen LogP contribution is 2.37. The molecule has 0 heterocycles. The Kier molecular flexibility index (Phi) is 5.03. The van der Waals surface area contributed by atoms with Crippen molar-refractivity contribution in [1.29, 1.82) is 0 Å². The SMILES string of the molecule is COc1cccc(OC)c1OC(C)CC(N)=S. The number of para-hydroxylation sites is 1. The molecule has 1 atom stereocenters. The van der Waals surface area contributed by atoms with Crippen molar-refractivity contribution in [1.82, 2.24) is 0 Å². The number of benzene rings is 1. The van der Waals surface area contributed by atoms with Crippen molar-refractivity contribution in [3.05, 3.63) is 18.2 Å². The number of hydrogen-bond donors (Lipinski definition) is 1. The van der Waals surface area contributed by atoms with Crippen molar-refractivity contribution < 1.29 is 14.2 Å². The fourth-order valence-electron chi connectivity index (χ4n) is 1.46. The van der Waals surface area contributed by atoms with Gasteiger partial charge in [-0.3, -0.25) is 0 Å². The minimum Gasteiger partial charge on any atom is -0.493 e. The third-order valence-electron chi connectivity index (χ3n) is 2.19. The zero-order valence-electron chi connectivity index (χ0n) is 10.2. The summed E-state index contributed by atoms with van der Waals surface area (Å²) >= 11 is 4.85. The lowest BCUT2D eigenvalue weighted by atomic mass is 10.2. The summed E-state index contributed by atoms with van der Waals surface area (Å²) in [5.41, 5.74) is 5.48. The summed E-state index contributed by atoms with van der Waals surface area (Å²) in [6.45, 7) is 1.89. The van der Waals surface area contributed by atoms with Gasteiger partial charge in [-0.15, -0.1) is 0 Å². The average molecular weight is 255 g/mol. The van der Waals surface area contributed by atoms with Gasteiger partial charge in [0, 0.05) is 6.42 Å². The maximum atomic E-state index is 5.75. The number of hydrogen-bond acceptors (Lipinski definition) is 4. The maximum absolute atomic E-state index is 5.75. The van der Waals surface area contributed by atoms with E-state index < -0.39 is 0 Å². The van der Waals surface area contributed by atoms with Crippen molar-refractivity contribution in [2.24, 2.45) is 5.73 Å². The van der Waals surface area contributed by atoms with Gasteiger partial charge in [0.1, 0.15) is 6.10 Å². The molecule has 0 spiro atoms. The lowest BCUT2D eigenvalue weighted by Gasteiger charge is -2.18. The first kappa shape index (κ1) is 13.6. The molecule has 1 aromatic carbocycles. The number of methoxy groups -OCH3 is 2. The lowest BCUT2D eigenvalue weighted by molar-refractivity contribution is 0.208. The van der Waals surface area contributed by atoms with Crippen LogP contribution in [0.5, 0.6) is 17.2 Å². The summed E-state index contributed by atoms with van der Waals surface area (Å²) in [5.74, 6) is 1.82. The van der Waals surface area contributed by atoms with Crippen molar-refractivity contribution in [3.63, 3.8) is 0 Å². The van der Waals surface area contributed by atoms with Crippen molar-refractivity contribution >= 4 is 17.2 Å². The quantitative estimate of drug-likeness (QED) is 0.789. The highest BCUT2D eigenvalue weighted by atomic mass is 32.1. The van der Waals surface area contributed by atoms with Crippen molar-refractivity contribution in [2.45, 2.75) is 19.4 Å². The van der Waals surface area contributed by atoms with Gasteiger partial charge < -0.3 is 19.9 Å². The smallest absolute Gasteiger partial charge is 0.203 e. The first-order valence-corrected chi connectivity index (χ1v) is 5.65. The van der Waals surface area contributed by atoms with Gasteiger partial charge in [-0.05, 0) is 19.1 Å². The van der Waals surface area contributed by atoms with E-state index in [0.29, 0.717) is 28.7 Å². The Bertz CT molecular complexity index is 373. The number of thiocarbonyl (C=S) groups is 1. The Morgan fingerprint density at radius 3 is 2.24 bits per heavy atom. The van der Waals surface area contributed by atoms with Crippen molar-refractivity contribution in [2.75, 3.05) is 14.2 Å². The molecule has 2 N–H and O–H groups in total. The summed E-state index contributed by atoms with van der Waals surface area (Å²) in [6, 6.07) is 5.46. The van der Waals surface area contributed by atoms with Gasteiger partial charge in [-0.25, -0.2) is 0 Å². The first-order valence-electron chi connectivity index (χ1n) is 5.24. The largest absolute Gasteiger partial charge is 0.493 e. The summed E-state index contributed by atoms with van der Waals surface area (Å²) < 4.78 is 16.2. The van der Waals surface area contributed by atoms with E-state index >= 15 is 0 Å². The molecule has 0 bridgehead atoms. The molecule has 4 nitrogen and oxygen atoms in total. The van der Waals surface area contributed by atoms with E-state index in [1.54, 1.807) is 14.2 Å². The van der Waals surface area contributed by atoms with E-state index in [0.717, 1.165) is 0 Å². The van der Waals surface area contributed by atoms with Crippen LogP contribution in [0, 0.1) is 0 Å². The Labute approximate surface area is 107 Å². The molecule has 94 valence electrons. The molecular weight excluding hydrogens is 238 g/mol. The van der Waals surface area contributed by atoms with E-state index in [-0.39, 0.29) is 6.10 Å². The second-order valence-corrected chi connectivity index (χ2v) is 4.11. The molecular formula is C12H17NO3S. The zero-order valence-corrected chi connectivity index (χ0v) is 11.0. The van der Waals surface area contributed by atoms with Crippen LogP contribution in [0.15, 0.2) is 18.2 Å². The normalized spacial score (nSPS) is 11.7. The van der Waals surface area contributed by atoms with Crippen LogP contribution in [-0.4, -0.2) is 25.3 Å². The van der Waals surface area contributed by atoms with E-state index in [9.17, 15) is 0 Å². The highest BCUT2D eigenvalue weighted by molar-refractivity contribution is 7.80. The van der Waals surface area contributed by atoms with Gasteiger partial charge in [0.25, 0.3) is 0 Å². The molecule has 0 amide bonds. The summed E-state index contributed by atoms with van der Waals surface area (Å²) in [7, 11) is 3.17. The molecule has 0 aliphatic heterocycles. The Morgan fingerprint density at radius 2 is 1.82 bits per heavy atom. The molecule has 0 aliphatic rings. The fourth-order valence-corrected chi connectivity index (χ4v) is 1.69. The van der Waals surface area contributed by atoms with Crippen LogP contribution in [0.2, 0.25) is 0 Å². The molecule has 1 unspecified atom stereocenters. The fraction of sp³-hybridized carbons (Fsp3) is 0.417. The third kappa shape index (κ3) is 3.78. The number of nitrogens with two attached hydrogens (primary N) is 1. The molecule has 0 aromatic heterocycles. The van der Waals surface area contributed by atoms with Crippen LogP contribution in [-0.2, 0) is 0 Å². The van der Waals surface area contributed by atoms with E-state index in [1.807, 2.05) is 25.1 Å². The molecule has 17 heavy (non-hydrogen) atoms. The van der Waals surface area contributed by atoms with E-state index in [2.05, 4.69) is 0 Å². The van der Waals surface area contributed by atoms with Crippen LogP contribution < -0.4 is 19.9 Å². The number of ether oxygens (including phenoxy) is 3. The van der Waals surface area contributed by atoms with Gasteiger partial charge in [-0.1, -0.05) is 18.3 Å². The molecule has 0 aliphatic carbocycles. The second kappa shape index (κ2) is 6.30. The summed E-state index contributed by atoms with van der Waals surface area (Å²) in [5, 5.41) is 0. The Balaban J connectivity index is 2.90. The molecule has 0 fully saturated rings. The van der Waals surface area contributed by atoms with Crippen LogP contribution in [0.3, 0.4) is 0 Å². The van der Waals surface area contributed by atoms with Gasteiger partial charge in [0.2, 0.25) is 5.75 Å². The average Bonchev–Trinajstić information content (AvgIpc) is 2.28. The maximum Gasteiger partial charge on any atom is 0.203 e. The van der Waals surface area contributed by atoms with Crippen molar-refractivity contribution in [3.8, 4) is 17.2 Å². The predicted molar refractivity (Wildman–Crippen MR) is 71.0 cm³/mol. The van der Waals surface area contributed by atoms with Crippen LogP contribution >= 0.6 is 12.2 Å². The molecule has 0 saturated carbocycles. The highest BCUT2D eigenvalue weighted by Gasteiger charge is 2.15. The zero-order chi connectivity index (χ0) is 12.8. The minimum atomic E-state index is -0.127. The Morgan fingerprint density at radius 1 is 1.29 bits per heavy atom. The topological polar surface area (TPSA) is 53.7 Å². The molecule has 0 saturated heterocycles. The van der Waals surface area contributed by atoms with Crippen LogP contribution in [0.4, 0.5) is 0 Å². The van der Waals surface area contributed by atoms with Gasteiger partial charge in [0.15, 0.2) is 11.5 Å². The summed E-state index contributed by atoms with van der Waals surface area (Å²) in [4.78, 5) is 0.423. The number of rotatable bonds is 6. The standard InChI is InChI=1S/C12H17NO3S/c1-8(7-11(13)17)16-12-9(14-2)5-4-6-10(12)15-3/h4-6,8H,7H2,1-3H3,(H2,13,17). The predicted octanol–water partition coefficient (Wildman–Crippen LogP) is 2.15. The van der Waals surface area contributed by atoms with Gasteiger partial charge in [-0.2, -0.15) is 0 Å².